The molecule has 0 saturated carbocycles. The monoisotopic (exact) mass is 507 g/mol. The maximum Gasteiger partial charge on any atom is 0.501 e. The van der Waals surface area contributed by atoms with Crippen molar-refractivity contribution in [2.75, 3.05) is 4.72 Å². The molecule has 3 rings (SSSR count). The van der Waals surface area contributed by atoms with Crippen molar-refractivity contribution in [1.82, 2.24) is 14.1 Å². The van der Waals surface area contributed by atoms with Gasteiger partial charge in [-0.2, -0.15) is 21.6 Å². The smallest absolute Gasteiger partial charge is 0.493 e. The van der Waals surface area contributed by atoms with E-state index in [1.54, 1.807) is 0 Å². The largest absolute Gasteiger partial charge is 0.501 e. The number of nitrogens with two attached hydrogens (primary N) is 1. The molecular weight excluding hydrogens is 491 g/mol. The molecule has 33 heavy (non-hydrogen) atoms. The molecule has 0 saturated heterocycles. The van der Waals surface area contributed by atoms with E-state index >= 15 is 0 Å². The molecule has 0 amide bonds. The molecule has 0 bridgehead atoms. The number of nitrogens with zero attached hydrogens (tertiary/aromatic N) is 3. The van der Waals surface area contributed by atoms with Gasteiger partial charge in [0.2, 0.25) is 5.88 Å². The molecule has 11 nitrogen and oxygen atoms in total. The van der Waals surface area contributed by atoms with Crippen LogP contribution in [0.1, 0.15) is 11.3 Å². The minimum atomic E-state index is -5.59. The lowest BCUT2D eigenvalue weighted by Crippen LogP contribution is -2.26. The SMILES string of the molecule is Cc1c(O)n(-c2ccc(S(=O)(=O)C(F)(F)F)cc2)c(=O)n1Cc1ccncc1NS(N)(=O)=O. The fourth-order valence-corrected chi connectivity index (χ4v) is 4.19. The first-order valence-corrected chi connectivity index (χ1v) is 11.8. The number of imidazole rings is 1. The minimum Gasteiger partial charge on any atom is -0.493 e. The molecule has 0 aliphatic carbocycles. The fraction of sp³-hybridized carbons (Fsp3) is 0.176. The Labute approximate surface area is 185 Å². The molecule has 16 heteroatoms. The van der Waals surface area contributed by atoms with E-state index in [0.717, 1.165) is 27.5 Å². The number of hydrogen-bond acceptors (Lipinski definition) is 7. The van der Waals surface area contributed by atoms with Gasteiger partial charge in [-0.25, -0.2) is 22.9 Å². The highest BCUT2D eigenvalue weighted by molar-refractivity contribution is 7.92. The second-order valence-electron chi connectivity index (χ2n) is 6.74. The van der Waals surface area contributed by atoms with Gasteiger partial charge in [-0.3, -0.25) is 14.3 Å². The molecular formula is C17H16F3N5O6S2. The second-order valence-corrected chi connectivity index (χ2v) is 9.97. The molecule has 3 aromatic rings. The first kappa shape index (κ1) is 24.3. The fourth-order valence-electron chi connectivity index (χ4n) is 2.94. The van der Waals surface area contributed by atoms with Crippen LogP contribution in [-0.2, 0) is 26.6 Å². The van der Waals surface area contributed by atoms with E-state index in [0.29, 0.717) is 12.1 Å². The molecule has 0 aliphatic heterocycles. The van der Waals surface area contributed by atoms with Crippen molar-refractivity contribution in [3.63, 3.8) is 0 Å². The highest BCUT2D eigenvalue weighted by atomic mass is 32.2. The third-order valence-electron chi connectivity index (χ3n) is 4.56. The predicted molar refractivity (Wildman–Crippen MR) is 110 cm³/mol. The van der Waals surface area contributed by atoms with Gasteiger partial charge >= 0.3 is 11.2 Å². The molecule has 2 heterocycles. The summed E-state index contributed by atoms with van der Waals surface area (Å²) < 4.78 is 87.8. The Balaban J connectivity index is 2.04. The van der Waals surface area contributed by atoms with Crippen LogP contribution in [0.5, 0.6) is 5.88 Å². The van der Waals surface area contributed by atoms with E-state index in [-0.39, 0.29) is 29.2 Å². The van der Waals surface area contributed by atoms with Crippen molar-refractivity contribution in [2.45, 2.75) is 23.9 Å². The average Bonchev–Trinajstić information content (AvgIpc) is 2.91. The van der Waals surface area contributed by atoms with Crippen LogP contribution >= 0.6 is 0 Å². The molecule has 0 fully saturated rings. The van der Waals surface area contributed by atoms with Crippen LogP contribution in [0.3, 0.4) is 0 Å². The number of aromatic nitrogens is 3. The van der Waals surface area contributed by atoms with E-state index in [2.05, 4.69) is 4.98 Å². The normalized spacial score (nSPS) is 12.6. The molecule has 1 aromatic carbocycles. The number of anilines is 1. The number of rotatable bonds is 6. The lowest BCUT2D eigenvalue weighted by molar-refractivity contribution is -0.0436. The van der Waals surface area contributed by atoms with Crippen LogP contribution in [0.4, 0.5) is 18.9 Å². The maximum absolute atomic E-state index is 12.9. The molecule has 0 aliphatic rings. The second kappa shape index (κ2) is 8.20. The van der Waals surface area contributed by atoms with E-state index in [1.165, 1.54) is 19.2 Å². The summed E-state index contributed by atoms with van der Waals surface area (Å²) in [6, 6.07) is 4.60. The number of hydrogen-bond donors (Lipinski definition) is 3. The summed E-state index contributed by atoms with van der Waals surface area (Å²) in [6.07, 6.45) is 2.50. The summed E-state index contributed by atoms with van der Waals surface area (Å²) in [5.41, 5.74) is -6.12. The molecule has 178 valence electrons. The van der Waals surface area contributed by atoms with Crippen LogP contribution in [-0.4, -0.2) is 41.6 Å². The number of sulfone groups is 1. The van der Waals surface area contributed by atoms with Crippen LogP contribution in [0, 0.1) is 6.92 Å². The zero-order chi connectivity index (χ0) is 24.8. The van der Waals surface area contributed by atoms with Gasteiger partial charge in [0.05, 0.1) is 34.7 Å². The average molecular weight is 507 g/mol. The van der Waals surface area contributed by atoms with Crippen molar-refractivity contribution < 1.29 is 35.1 Å². The van der Waals surface area contributed by atoms with Crippen LogP contribution in [0.2, 0.25) is 0 Å². The Morgan fingerprint density at radius 3 is 2.27 bits per heavy atom. The maximum atomic E-state index is 12.9. The Hall–Kier alpha value is -3.37. The van der Waals surface area contributed by atoms with Gasteiger partial charge in [-0.05, 0) is 42.8 Å². The van der Waals surface area contributed by atoms with E-state index in [9.17, 15) is 39.9 Å². The minimum absolute atomic E-state index is 0.0137. The topological polar surface area (TPSA) is 166 Å². The summed E-state index contributed by atoms with van der Waals surface area (Å²) in [7, 11) is -9.73. The van der Waals surface area contributed by atoms with Gasteiger partial charge in [0, 0.05) is 6.20 Å². The highest BCUT2D eigenvalue weighted by Crippen LogP contribution is 2.31. The number of nitrogens with one attached hydrogen (secondary N) is 1. The van der Waals surface area contributed by atoms with Gasteiger partial charge in [0.25, 0.3) is 20.0 Å². The number of alkyl halides is 3. The molecule has 0 unspecified atom stereocenters. The van der Waals surface area contributed by atoms with Crippen molar-refractivity contribution in [3.8, 4) is 11.6 Å². The predicted octanol–water partition coefficient (Wildman–Crippen LogP) is 1.01. The molecule has 0 spiro atoms. The molecule has 0 atom stereocenters. The lowest BCUT2D eigenvalue weighted by atomic mass is 10.2. The lowest BCUT2D eigenvalue weighted by Gasteiger charge is -2.11. The summed E-state index contributed by atoms with van der Waals surface area (Å²) in [5, 5.41) is 15.4. The molecule has 4 N–H and O–H groups in total. The summed E-state index contributed by atoms with van der Waals surface area (Å²) in [4.78, 5) is 15.7. The number of pyridine rings is 1. The molecule has 0 radical (unpaired) electrons. The zero-order valence-corrected chi connectivity index (χ0v) is 18.2. The van der Waals surface area contributed by atoms with E-state index in [1.807, 2.05) is 4.72 Å². The van der Waals surface area contributed by atoms with Crippen molar-refractivity contribution in [3.05, 3.63) is 64.5 Å². The summed E-state index contributed by atoms with van der Waals surface area (Å²) in [5.74, 6) is -0.554. The Kier molecular flexibility index (Phi) is 6.03. The van der Waals surface area contributed by atoms with Crippen molar-refractivity contribution >= 4 is 25.7 Å². The summed E-state index contributed by atoms with van der Waals surface area (Å²) >= 11 is 0. The van der Waals surface area contributed by atoms with Gasteiger partial charge in [-0.1, -0.05) is 0 Å². The first-order valence-electron chi connectivity index (χ1n) is 8.80. The van der Waals surface area contributed by atoms with Gasteiger partial charge < -0.3 is 5.11 Å². The Morgan fingerprint density at radius 2 is 1.73 bits per heavy atom. The van der Waals surface area contributed by atoms with Gasteiger partial charge in [-0.15, -0.1) is 0 Å². The Morgan fingerprint density at radius 1 is 1.12 bits per heavy atom. The quantitative estimate of drug-likeness (QED) is 0.448. The van der Waals surface area contributed by atoms with E-state index < -0.39 is 42.0 Å². The number of benzene rings is 1. The van der Waals surface area contributed by atoms with Crippen LogP contribution in [0.25, 0.3) is 5.69 Å². The van der Waals surface area contributed by atoms with Gasteiger partial charge in [0.15, 0.2) is 0 Å². The van der Waals surface area contributed by atoms with Crippen LogP contribution < -0.4 is 15.6 Å². The Bertz CT molecular complexity index is 1480. The highest BCUT2D eigenvalue weighted by Gasteiger charge is 2.46. The first-order chi connectivity index (χ1) is 15.1. The zero-order valence-electron chi connectivity index (χ0n) is 16.6. The number of halogens is 3. The van der Waals surface area contributed by atoms with Crippen LogP contribution in [0.15, 0.2) is 52.4 Å². The van der Waals surface area contributed by atoms with E-state index in [4.69, 9.17) is 5.14 Å². The molecule has 2 aromatic heterocycles. The third kappa shape index (κ3) is 4.71. The van der Waals surface area contributed by atoms with Crippen molar-refractivity contribution in [2.24, 2.45) is 5.14 Å². The third-order valence-corrected chi connectivity index (χ3v) is 6.57. The van der Waals surface area contributed by atoms with Crippen molar-refractivity contribution in [1.29, 1.82) is 0 Å². The standard InChI is InChI=1S/C17H16F3N5O6S2/c1-10-15(26)25(12-2-4-13(5-3-12)32(28,29)17(18,19)20)16(27)24(10)9-11-6-7-22-8-14(11)23-33(21,30)31/h2-8,23,26H,9H2,1H3,(H2,21,30,31). The number of aromatic hydroxyl groups is 1. The summed E-state index contributed by atoms with van der Waals surface area (Å²) in [6.45, 7) is 1.15. The van der Waals surface area contributed by atoms with Gasteiger partial charge in [0.1, 0.15) is 0 Å².